The fraction of sp³-hybridized carbons (Fsp3) is 0.467. The van der Waals surface area contributed by atoms with Crippen molar-refractivity contribution < 1.29 is 0 Å². The summed E-state index contributed by atoms with van der Waals surface area (Å²) >= 11 is 0. The molecule has 0 heteroatoms. The molecular formula is C15H20. The quantitative estimate of drug-likeness (QED) is 0.640. The number of allylic oxidation sites excluding steroid dienone is 1. The van der Waals surface area contributed by atoms with Crippen molar-refractivity contribution in [3.05, 3.63) is 47.5 Å². The second-order valence-corrected chi connectivity index (χ2v) is 4.86. The van der Waals surface area contributed by atoms with Gasteiger partial charge in [0.15, 0.2) is 0 Å². The van der Waals surface area contributed by atoms with Crippen LogP contribution in [-0.4, -0.2) is 0 Å². The third-order valence-electron chi connectivity index (χ3n) is 3.68. The lowest BCUT2D eigenvalue weighted by Crippen LogP contribution is -2.22. The first-order chi connectivity index (χ1) is 7.22. The molecule has 0 aliphatic heterocycles. The molecule has 1 fully saturated rings. The summed E-state index contributed by atoms with van der Waals surface area (Å²) in [5.41, 5.74) is 4.44. The topological polar surface area (TPSA) is 0 Å². The van der Waals surface area contributed by atoms with Gasteiger partial charge in [-0.15, -0.1) is 6.58 Å². The van der Waals surface area contributed by atoms with Gasteiger partial charge in [-0.05, 0) is 49.1 Å². The predicted octanol–water partition coefficient (Wildman–Crippen LogP) is 4.24. The zero-order valence-corrected chi connectivity index (χ0v) is 9.79. The number of hydrogen-bond donors (Lipinski definition) is 0. The molecule has 15 heavy (non-hydrogen) atoms. The molecule has 0 spiro atoms. The summed E-state index contributed by atoms with van der Waals surface area (Å²) in [4.78, 5) is 0. The number of benzene rings is 1. The van der Waals surface area contributed by atoms with Gasteiger partial charge in [0, 0.05) is 0 Å². The van der Waals surface area contributed by atoms with Crippen molar-refractivity contribution in [2.24, 2.45) is 5.92 Å². The molecule has 1 aromatic rings. The van der Waals surface area contributed by atoms with E-state index in [1.54, 1.807) is 5.56 Å². The molecule has 2 unspecified atom stereocenters. The van der Waals surface area contributed by atoms with Gasteiger partial charge < -0.3 is 0 Å². The Bertz CT molecular complexity index is 362. The van der Waals surface area contributed by atoms with Crippen LogP contribution in [-0.2, 0) is 6.42 Å². The zero-order chi connectivity index (χ0) is 10.8. The van der Waals surface area contributed by atoms with Gasteiger partial charge in [0.1, 0.15) is 0 Å². The smallest absolute Gasteiger partial charge is 0.00973 e. The van der Waals surface area contributed by atoms with Crippen molar-refractivity contribution in [3.63, 3.8) is 0 Å². The summed E-state index contributed by atoms with van der Waals surface area (Å²) in [6.07, 6.45) is 5.79. The normalized spacial score (nSPS) is 24.7. The highest BCUT2D eigenvalue weighted by Crippen LogP contribution is 2.43. The van der Waals surface area contributed by atoms with Crippen LogP contribution in [0.5, 0.6) is 0 Å². The molecule has 1 aliphatic rings. The first kappa shape index (κ1) is 10.5. The third-order valence-corrected chi connectivity index (χ3v) is 3.68. The number of aryl methyl sites for hydroxylation is 1. The van der Waals surface area contributed by atoms with Crippen molar-refractivity contribution in [2.75, 3.05) is 0 Å². The molecule has 0 bridgehead atoms. The standard InChI is InChI=1S/C15H20/c1-4-5-13-8-6-11(2)10-15(13)14-9-7-12(14)3/h4,6,8,10,12,14H,1,5,7,9H2,2-3H3. The lowest BCUT2D eigenvalue weighted by molar-refractivity contribution is 0.279. The van der Waals surface area contributed by atoms with Crippen LogP contribution in [0.4, 0.5) is 0 Å². The van der Waals surface area contributed by atoms with Crippen molar-refractivity contribution in [1.29, 1.82) is 0 Å². The van der Waals surface area contributed by atoms with Crippen LogP contribution in [0.3, 0.4) is 0 Å². The molecule has 0 N–H and O–H groups in total. The fourth-order valence-corrected chi connectivity index (χ4v) is 2.53. The van der Waals surface area contributed by atoms with Crippen LogP contribution in [0.2, 0.25) is 0 Å². The van der Waals surface area contributed by atoms with Crippen LogP contribution in [0.15, 0.2) is 30.9 Å². The summed E-state index contributed by atoms with van der Waals surface area (Å²) < 4.78 is 0. The van der Waals surface area contributed by atoms with Gasteiger partial charge in [0.2, 0.25) is 0 Å². The average Bonchev–Trinajstić information content (AvgIpc) is 2.20. The summed E-state index contributed by atoms with van der Waals surface area (Å²) in [6.45, 7) is 8.40. The van der Waals surface area contributed by atoms with E-state index < -0.39 is 0 Å². The minimum Gasteiger partial charge on any atom is -0.103 e. The van der Waals surface area contributed by atoms with Crippen LogP contribution in [0, 0.1) is 12.8 Å². The lowest BCUT2D eigenvalue weighted by Gasteiger charge is -2.35. The maximum Gasteiger partial charge on any atom is -0.00973 e. The van der Waals surface area contributed by atoms with Crippen LogP contribution < -0.4 is 0 Å². The fourth-order valence-electron chi connectivity index (χ4n) is 2.53. The Labute approximate surface area is 93.0 Å². The highest BCUT2D eigenvalue weighted by molar-refractivity contribution is 5.36. The Morgan fingerprint density at radius 3 is 2.73 bits per heavy atom. The van der Waals surface area contributed by atoms with E-state index in [-0.39, 0.29) is 0 Å². The van der Waals surface area contributed by atoms with Crippen molar-refractivity contribution >= 4 is 0 Å². The molecule has 0 radical (unpaired) electrons. The minimum absolute atomic E-state index is 0.805. The maximum absolute atomic E-state index is 3.84. The highest BCUT2D eigenvalue weighted by Gasteiger charge is 2.29. The second kappa shape index (κ2) is 4.22. The lowest BCUT2D eigenvalue weighted by atomic mass is 9.69. The molecule has 80 valence electrons. The summed E-state index contributed by atoms with van der Waals surface area (Å²) in [6, 6.07) is 6.86. The Kier molecular flexibility index (Phi) is 2.95. The van der Waals surface area contributed by atoms with Gasteiger partial charge >= 0.3 is 0 Å². The average molecular weight is 200 g/mol. The molecule has 1 aromatic carbocycles. The molecule has 0 amide bonds. The summed E-state index contributed by atoms with van der Waals surface area (Å²) in [7, 11) is 0. The van der Waals surface area contributed by atoms with E-state index in [0.717, 1.165) is 18.3 Å². The van der Waals surface area contributed by atoms with Crippen molar-refractivity contribution in [3.8, 4) is 0 Å². The Hall–Kier alpha value is -1.04. The van der Waals surface area contributed by atoms with Crippen LogP contribution in [0.1, 0.15) is 42.4 Å². The van der Waals surface area contributed by atoms with Gasteiger partial charge in [0.05, 0.1) is 0 Å². The van der Waals surface area contributed by atoms with Gasteiger partial charge in [0.25, 0.3) is 0 Å². The zero-order valence-electron chi connectivity index (χ0n) is 9.79. The van der Waals surface area contributed by atoms with Gasteiger partial charge in [-0.1, -0.05) is 36.8 Å². The summed E-state index contributed by atoms with van der Waals surface area (Å²) in [5, 5.41) is 0. The van der Waals surface area contributed by atoms with E-state index in [1.807, 2.05) is 6.08 Å². The minimum atomic E-state index is 0.805. The molecule has 2 atom stereocenters. The van der Waals surface area contributed by atoms with E-state index in [0.29, 0.717) is 0 Å². The van der Waals surface area contributed by atoms with E-state index in [4.69, 9.17) is 0 Å². The first-order valence-electron chi connectivity index (χ1n) is 5.92. The van der Waals surface area contributed by atoms with Gasteiger partial charge in [-0.2, -0.15) is 0 Å². The predicted molar refractivity (Wildman–Crippen MR) is 66.2 cm³/mol. The molecule has 0 aromatic heterocycles. The monoisotopic (exact) mass is 200 g/mol. The Morgan fingerprint density at radius 1 is 1.40 bits per heavy atom. The molecule has 2 rings (SSSR count). The third kappa shape index (κ3) is 1.99. The summed E-state index contributed by atoms with van der Waals surface area (Å²) in [5.74, 6) is 1.68. The molecule has 1 saturated carbocycles. The molecular weight excluding hydrogens is 180 g/mol. The van der Waals surface area contributed by atoms with E-state index in [2.05, 4.69) is 38.6 Å². The van der Waals surface area contributed by atoms with Crippen molar-refractivity contribution in [1.82, 2.24) is 0 Å². The number of hydrogen-bond acceptors (Lipinski definition) is 0. The maximum atomic E-state index is 3.84. The van der Waals surface area contributed by atoms with E-state index in [1.165, 1.54) is 24.0 Å². The highest BCUT2D eigenvalue weighted by atomic mass is 14.3. The number of rotatable bonds is 3. The van der Waals surface area contributed by atoms with Crippen molar-refractivity contribution in [2.45, 2.75) is 39.0 Å². The van der Waals surface area contributed by atoms with E-state index in [9.17, 15) is 0 Å². The largest absolute Gasteiger partial charge is 0.103 e. The van der Waals surface area contributed by atoms with Crippen LogP contribution in [0.25, 0.3) is 0 Å². The first-order valence-corrected chi connectivity index (χ1v) is 5.92. The Morgan fingerprint density at radius 2 is 2.20 bits per heavy atom. The van der Waals surface area contributed by atoms with E-state index >= 15 is 0 Å². The SMILES string of the molecule is C=CCc1ccc(C)cc1C1CCC1C. The Balaban J connectivity index is 2.33. The molecule has 0 heterocycles. The molecule has 0 saturated heterocycles. The molecule has 1 aliphatic carbocycles. The van der Waals surface area contributed by atoms with Crippen LogP contribution >= 0.6 is 0 Å². The van der Waals surface area contributed by atoms with Gasteiger partial charge in [-0.3, -0.25) is 0 Å². The molecule has 0 nitrogen and oxygen atoms in total. The van der Waals surface area contributed by atoms with Gasteiger partial charge in [-0.25, -0.2) is 0 Å². The second-order valence-electron chi connectivity index (χ2n) is 4.86.